The van der Waals surface area contributed by atoms with Gasteiger partial charge in [-0.1, -0.05) is 13.0 Å². The summed E-state index contributed by atoms with van der Waals surface area (Å²) in [6.07, 6.45) is 0.873. The highest BCUT2D eigenvalue weighted by Crippen LogP contribution is 2.39. The van der Waals surface area contributed by atoms with E-state index in [-0.39, 0.29) is 0 Å². The fraction of sp³-hybridized carbons (Fsp3) is 0.200. The second-order valence-corrected chi connectivity index (χ2v) is 4.47. The van der Waals surface area contributed by atoms with Gasteiger partial charge in [-0.25, -0.2) is 0 Å². The number of hydrogen-bond acceptors (Lipinski definition) is 3. The number of rotatable bonds is 1. The first-order chi connectivity index (χ1) is 6.24. The van der Waals surface area contributed by atoms with Crippen LogP contribution in [0.5, 0.6) is 5.75 Å². The molecule has 1 heterocycles. The molecule has 2 rings (SSSR count). The van der Waals surface area contributed by atoms with Gasteiger partial charge < -0.3 is 5.11 Å². The Morgan fingerprint density at radius 3 is 2.85 bits per heavy atom. The summed E-state index contributed by atoms with van der Waals surface area (Å²) in [4.78, 5) is 1.98. The van der Waals surface area contributed by atoms with E-state index in [0.717, 1.165) is 26.3 Å². The van der Waals surface area contributed by atoms with E-state index in [1.165, 1.54) is 0 Å². The van der Waals surface area contributed by atoms with Crippen molar-refractivity contribution in [2.24, 2.45) is 0 Å². The Hall–Kier alpha value is -0.670. The molecular weight excluding hydrogens is 200 g/mol. The van der Waals surface area contributed by atoms with Crippen molar-refractivity contribution in [3.63, 3.8) is 0 Å². The van der Waals surface area contributed by atoms with Gasteiger partial charge in [-0.05, 0) is 18.6 Å². The summed E-state index contributed by atoms with van der Waals surface area (Å²) in [6.45, 7) is 2.04. The number of aryl methyl sites for hydroxylation is 1. The van der Waals surface area contributed by atoms with Crippen LogP contribution in [0, 0.1) is 0 Å². The molecule has 0 amide bonds. The molecule has 0 saturated heterocycles. The van der Waals surface area contributed by atoms with E-state index in [9.17, 15) is 5.11 Å². The van der Waals surface area contributed by atoms with Crippen molar-refractivity contribution in [2.45, 2.75) is 18.2 Å². The van der Waals surface area contributed by atoms with Gasteiger partial charge in [-0.2, -0.15) is 0 Å². The van der Waals surface area contributed by atoms with E-state index in [2.05, 4.69) is 12.6 Å². The fourth-order valence-corrected chi connectivity index (χ4v) is 2.77. The summed E-state index contributed by atoms with van der Waals surface area (Å²) in [5, 5.41) is 10.7. The van der Waals surface area contributed by atoms with Gasteiger partial charge >= 0.3 is 0 Å². The lowest BCUT2D eigenvalue weighted by atomic mass is 10.2. The first-order valence-corrected chi connectivity index (χ1v) is 5.42. The van der Waals surface area contributed by atoms with Crippen molar-refractivity contribution >= 4 is 34.1 Å². The summed E-state index contributed by atoms with van der Waals surface area (Å²) < 4.78 is 1.08. The van der Waals surface area contributed by atoms with E-state index in [1.54, 1.807) is 11.3 Å². The van der Waals surface area contributed by atoms with Crippen molar-refractivity contribution in [1.82, 2.24) is 0 Å². The Morgan fingerprint density at radius 1 is 1.46 bits per heavy atom. The zero-order chi connectivity index (χ0) is 9.42. The maximum atomic E-state index is 9.79. The van der Waals surface area contributed by atoms with Gasteiger partial charge in [-0.3, -0.25) is 0 Å². The zero-order valence-corrected chi connectivity index (χ0v) is 8.95. The number of thiol groups is 1. The molecule has 68 valence electrons. The molecule has 0 unspecified atom stereocenters. The van der Waals surface area contributed by atoms with E-state index >= 15 is 0 Å². The smallest absolute Gasteiger partial charge is 0.137 e. The van der Waals surface area contributed by atoms with Crippen LogP contribution < -0.4 is 0 Å². The lowest BCUT2D eigenvalue weighted by Crippen LogP contribution is -1.70. The largest absolute Gasteiger partial charge is 0.506 e. The maximum absolute atomic E-state index is 9.79. The normalized spacial score (nSPS) is 10.9. The van der Waals surface area contributed by atoms with E-state index < -0.39 is 0 Å². The van der Waals surface area contributed by atoms with E-state index in [1.807, 2.05) is 25.1 Å². The Balaban J connectivity index is 2.83. The van der Waals surface area contributed by atoms with Crippen molar-refractivity contribution < 1.29 is 5.11 Å². The van der Waals surface area contributed by atoms with Crippen LogP contribution in [0.4, 0.5) is 0 Å². The number of thiophene rings is 1. The molecule has 1 aromatic carbocycles. The van der Waals surface area contributed by atoms with Crippen molar-refractivity contribution in [2.75, 3.05) is 0 Å². The molecule has 0 aliphatic heterocycles. The van der Waals surface area contributed by atoms with Crippen LogP contribution in [0.25, 0.3) is 10.1 Å². The molecule has 0 saturated carbocycles. The average molecular weight is 210 g/mol. The minimum absolute atomic E-state index is 0.429. The van der Waals surface area contributed by atoms with Gasteiger partial charge in [0.05, 0.1) is 4.70 Å². The SMILES string of the molecule is CCc1sc2c(S)cccc2c1O. The lowest BCUT2D eigenvalue weighted by molar-refractivity contribution is 0.478. The minimum Gasteiger partial charge on any atom is -0.506 e. The molecule has 2 aromatic rings. The Kier molecular flexibility index (Phi) is 2.22. The van der Waals surface area contributed by atoms with Crippen molar-refractivity contribution in [3.8, 4) is 5.75 Å². The highest BCUT2D eigenvalue weighted by atomic mass is 32.1. The molecule has 0 radical (unpaired) electrons. The number of aromatic hydroxyl groups is 1. The van der Waals surface area contributed by atoms with Gasteiger partial charge in [-0.15, -0.1) is 24.0 Å². The molecule has 1 nitrogen and oxygen atoms in total. The molecule has 0 atom stereocenters. The van der Waals surface area contributed by atoms with Gasteiger partial charge in [0, 0.05) is 15.2 Å². The second kappa shape index (κ2) is 3.24. The fourth-order valence-electron chi connectivity index (χ4n) is 1.38. The third-order valence-corrected chi connectivity index (χ3v) is 3.96. The number of benzene rings is 1. The summed E-state index contributed by atoms with van der Waals surface area (Å²) >= 11 is 5.97. The molecule has 0 bridgehead atoms. The monoisotopic (exact) mass is 210 g/mol. The first-order valence-electron chi connectivity index (χ1n) is 4.16. The first kappa shape index (κ1) is 8.91. The predicted octanol–water partition coefficient (Wildman–Crippen LogP) is 3.46. The molecular formula is C10H10OS2. The minimum atomic E-state index is 0.429. The molecule has 3 heteroatoms. The molecule has 1 N–H and O–H groups in total. The Labute approximate surface area is 86.4 Å². The van der Waals surface area contributed by atoms with Crippen LogP contribution in [0.1, 0.15) is 11.8 Å². The van der Waals surface area contributed by atoms with Crippen LogP contribution in [-0.4, -0.2) is 5.11 Å². The van der Waals surface area contributed by atoms with Crippen LogP contribution in [0.15, 0.2) is 23.1 Å². The number of fused-ring (bicyclic) bond motifs is 1. The molecule has 1 aromatic heterocycles. The second-order valence-electron chi connectivity index (χ2n) is 2.88. The molecule has 0 fully saturated rings. The third kappa shape index (κ3) is 1.32. The van der Waals surface area contributed by atoms with E-state index in [0.29, 0.717) is 5.75 Å². The van der Waals surface area contributed by atoms with Crippen molar-refractivity contribution in [1.29, 1.82) is 0 Å². The van der Waals surface area contributed by atoms with Gasteiger partial charge in [0.25, 0.3) is 0 Å². The van der Waals surface area contributed by atoms with Crippen molar-refractivity contribution in [3.05, 3.63) is 23.1 Å². The van der Waals surface area contributed by atoms with Gasteiger partial charge in [0.1, 0.15) is 5.75 Å². The summed E-state index contributed by atoms with van der Waals surface area (Å²) in [7, 11) is 0. The summed E-state index contributed by atoms with van der Waals surface area (Å²) in [5.74, 6) is 0.429. The van der Waals surface area contributed by atoms with Crippen LogP contribution in [-0.2, 0) is 6.42 Å². The Morgan fingerprint density at radius 2 is 2.23 bits per heavy atom. The zero-order valence-electron chi connectivity index (χ0n) is 7.24. The quantitative estimate of drug-likeness (QED) is 0.691. The average Bonchev–Trinajstić information content (AvgIpc) is 2.45. The number of hydrogen-bond donors (Lipinski definition) is 2. The lowest BCUT2D eigenvalue weighted by Gasteiger charge is -1.92. The maximum Gasteiger partial charge on any atom is 0.137 e. The van der Waals surface area contributed by atoms with Crippen LogP contribution >= 0.6 is 24.0 Å². The molecule has 0 aliphatic rings. The molecule has 0 spiro atoms. The Bertz CT molecular complexity index is 445. The topological polar surface area (TPSA) is 20.2 Å². The van der Waals surface area contributed by atoms with Gasteiger partial charge in [0.2, 0.25) is 0 Å². The predicted molar refractivity (Wildman–Crippen MR) is 60.1 cm³/mol. The van der Waals surface area contributed by atoms with E-state index in [4.69, 9.17) is 0 Å². The highest BCUT2D eigenvalue weighted by Gasteiger charge is 2.10. The third-order valence-electron chi connectivity index (χ3n) is 2.06. The summed E-state index contributed by atoms with van der Waals surface area (Å²) in [6, 6.07) is 5.79. The standard InChI is InChI=1S/C10H10OS2/c1-2-8-9(11)6-4-3-5-7(12)10(6)13-8/h3-5,11-12H,2H2,1H3. The molecule has 13 heavy (non-hydrogen) atoms. The highest BCUT2D eigenvalue weighted by molar-refractivity contribution is 7.80. The van der Waals surface area contributed by atoms with Gasteiger partial charge in [0.15, 0.2) is 0 Å². The summed E-state index contributed by atoms with van der Waals surface area (Å²) in [5.41, 5.74) is 0. The molecule has 0 aliphatic carbocycles. The van der Waals surface area contributed by atoms with Crippen LogP contribution in [0.3, 0.4) is 0 Å². The van der Waals surface area contributed by atoms with Crippen LogP contribution in [0.2, 0.25) is 0 Å².